The van der Waals surface area contributed by atoms with E-state index in [-0.39, 0.29) is 17.1 Å². The number of carbonyl (C=O) groups is 1. The van der Waals surface area contributed by atoms with Crippen LogP contribution in [0.3, 0.4) is 0 Å². The standard InChI is InChI=1S/C16H22ClNO2/c1-15(2)10-18(11-16(3,4)20-15)14(19)13-7-5-6-12(8-13)9-17/h5-8H,9-11H2,1-4H3. The molecule has 0 aromatic heterocycles. The third-order valence-corrected chi connectivity index (χ3v) is 3.62. The Labute approximate surface area is 125 Å². The average molecular weight is 296 g/mol. The molecule has 110 valence electrons. The second-order valence-electron chi connectivity index (χ2n) is 6.62. The zero-order chi connectivity index (χ0) is 15.0. The van der Waals surface area contributed by atoms with E-state index in [0.717, 1.165) is 5.56 Å². The minimum Gasteiger partial charge on any atom is -0.366 e. The largest absolute Gasteiger partial charge is 0.366 e. The number of hydrogen-bond donors (Lipinski definition) is 0. The number of carbonyl (C=O) groups excluding carboxylic acids is 1. The van der Waals surface area contributed by atoms with Crippen LogP contribution in [0.1, 0.15) is 43.6 Å². The number of ether oxygens (including phenoxy) is 1. The normalized spacial score (nSPS) is 20.8. The van der Waals surface area contributed by atoms with E-state index < -0.39 is 0 Å². The van der Waals surface area contributed by atoms with Gasteiger partial charge in [-0.05, 0) is 45.4 Å². The summed E-state index contributed by atoms with van der Waals surface area (Å²) in [5, 5.41) is 0. The highest BCUT2D eigenvalue weighted by atomic mass is 35.5. The molecule has 0 atom stereocenters. The van der Waals surface area contributed by atoms with E-state index >= 15 is 0 Å². The Morgan fingerprint density at radius 3 is 2.40 bits per heavy atom. The van der Waals surface area contributed by atoms with Crippen molar-refractivity contribution in [2.45, 2.75) is 44.8 Å². The van der Waals surface area contributed by atoms with Crippen molar-refractivity contribution in [3.8, 4) is 0 Å². The summed E-state index contributed by atoms with van der Waals surface area (Å²) in [5.74, 6) is 0.461. The lowest BCUT2D eigenvalue weighted by molar-refractivity contribution is -0.171. The summed E-state index contributed by atoms with van der Waals surface area (Å²) in [6, 6.07) is 7.51. The van der Waals surface area contributed by atoms with Crippen molar-refractivity contribution < 1.29 is 9.53 Å². The molecular weight excluding hydrogens is 274 g/mol. The van der Waals surface area contributed by atoms with Crippen LogP contribution < -0.4 is 0 Å². The third-order valence-electron chi connectivity index (χ3n) is 3.31. The molecular formula is C16H22ClNO2. The highest BCUT2D eigenvalue weighted by molar-refractivity contribution is 6.17. The number of halogens is 1. The van der Waals surface area contributed by atoms with Crippen LogP contribution in [0, 0.1) is 0 Å². The number of morpholine rings is 1. The van der Waals surface area contributed by atoms with Crippen molar-refractivity contribution in [2.24, 2.45) is 0 Å². The number of hydrogen-bond acceptors (Lipinski definition) is 2. The fourth-order valence-corrected chi connectivity index (χ4v) is 3.07. The highest BCUT2D eigenvalue weighted by Crippen LogP contribution is 2.29. The lowest BCUT2D eigenvalue weighted by atomic mass is 9.98. The summed E-state index contributed by atoms with van der Waals surface area (Å²) in [6.45, 7) is 9.26. The SMILES string of the molecule is CC1(C)CN(C(=O)c2cccc(CCl)c2)CC(C)(C)O1. The maximum atomic E-state index is 12.7. The molecule has 2 rings (SSSR count). The average Bonchev–Trinajstić information content (AvgIpc) is 2.34. The van der Waals surface area contributed by atoms with Gasteiger partial charge in [0.05, 0.1) is 11.2 Å². The molecule has 1 aliphatic heterocycles. The number of benzene rings is 1. The summed E-state index contributed by atoms with van der Waals surface area (Å²) in [7, 11) is 0. The molecule has 1 aromatic carbocycles. The highest BCUT2D eigenvalue weighted by Gasteiger charge is 2.40. The Balaban J connectivity index is 2.23. The molecule has 1 heterocycles. The Kier molecular flexibility index (Phi) is 4.12. The van der Waals surface area contributed by atoms with E-state index in [2.05, 4.69) is 0 Å². The summed E-state index contributed by atoms with van der Waals surface area (Å²) in [5.41, 5.74) is 0.990. The van der Waals surface area contributed by atoms with E-state index in [1.54, 1.807) is 0 Å². The van der Waals surface area contributed by atoms with Crippen molar-refractivity contribution >= 4 is 17.5 Å². The van der Waals surface area contributed by atoms with Crippen LogP contribution in [0.25, 0.3) is 0 Å². The first-order chi connectivity index (χ1) is 9.22. The Morgan fingerprint density at radius 1 is 1.25 bits per heavy atom. The van der Waals surface area contributed by atoms with Gasteiger partial charge >= 0.3 is 0 Å². The Bertz CT molecular complexity index is 495. The summed E-state index contributed by atoms with van der Waals surface area (Å²) in [4.78, 5) is 14.5. The topological polar surface area (TPSA) is 29.5 Å². The summed E-state index contributed by atoms with van der Waals surface area (Å²) in [6.07, 6.45) is 0. The molecule has 0 N–H and O–H groups in total. The first kappa shape index (κ1) is 15.3. The predicted octanol–water partition coefficient (Wildman–Crippen LogP) is 3.46. The molecule has 4 heteroatoms. The number of alkyl halides is 1. The van der Waals surface area contributed by atoms with Gasteiger partial charge in [0.15, 0.2) is 0 Å². The smallest absolute Gasteiger partial charge is 0.254 e. The van der Waals surface area contributed by atoms with Crippen LogP contribution in [0.15, 0.2) is 24.3 Å². The van der Waals surface area contributed by atoms with Gasteiger partial charge in [0.25, 0.3) is 5.91 Å². The molecule has 0 aliphatic carbocycles. The van der Waals surface area contributed by atoms with Gasteiger partial charge in [0.2, 0.25) is 0 Å². The first-order valence-corrected chi connectivity index (χ1v) is 7.40. The van der Waals surface area contributed by atoms with Gasteiger partial charge in [0.1, 0.15) is 0 Å². The van der Waals surface area contributed by atoms with E-state index in [0.29, 0.717) is 24.5 Å². The van der Waals surface area contributed by atoms with Gasteiger partial charge in [0, 0.05) is 24.5 Å². The number of amides is 1. The maximum Gasteiger partial charge on any atom is 0.254 e. The van der Waals surface area contributed by atoms with Gasteiger partial charge in [-0.3, -0.25) is 4.79 Å². The molecule has 1 fully saturated rings. The lowest BCUT2D eigenvalue weighted by Gasteiger charge is -2.47. The monoisotopic (exact) mass is 295 g/mol. The van der Waals surface area contributed by atoms with Crippen LogP contribution in [0.4, 0.5) is 0 Å². The molecule has 20 heavy (non-hydrogen) atoms. The lowest BCUT2D eigenvalue weighted by Crippen LogP contribution is -2.58. The van der Waals surface area contributed by atoms with Crippen LogP contribution in [0.2, 0.25) is 0 Å². The Hall–Kier alpha value is -1.06. The van der Waals surface area contributed by atoms with E-state index in [1.807, 2.05) is 56.9 Å². The summed E-state index contributed by atoms with van der Waals surface area (Å²) < 4.78 is 6.01. The maximum absolute atomic E-state index is 12.7. The second-order valence-corrected chi connectivity index (χ2v) is 6.88. The molecule has 1 aliphatic rings. The minimum atomic E-state index is -0.332. The fourth-order valence-electron chi connectivity index (χ4n) is 2.90. The van der Waals surface area contributed by atoms with Gasteiger partial charge in [-0.1, -0.05) is 12.1 Å². The molecule has 1 aromatic rings. The Morgan fingerprint density at radius 2 is 1.85 bits per heavy atom. The van der Waals surface area contributed by atoms with E-state index in [9.17, 15) is 4.79 Å². The third kappa shape index (κ3) is 3.53. The molecule has 0 radical (unpaired) electrons. The molecule has 3 nitrogen and oxygen atoms in total. The quantitative estimate of drug-likeness (QED) is 0.782. The van der Waals surface area contributed by atoms with Gasteiger partial charge in [-0.2, -0.15) is 0 Å². The van der Waals surface area contributed by atoms with Crippen LogP contribution >= 0.6 is 11.6 Å². The van der Waals surface area contributed by atoms with Crippen LogP contribution in [-0.2, 0) is 10.6 Å². The number of rotatable bonds is 2. The molecule has 0 spiro atoms. The van der Waals surface area contributed by atoms with Crippen molar-refractivity contribution in [3.63, 3.8) is 0 Å². The van der Waals surface area contributed by atoms with Crippen molar-refractivity contribution in [2.75, 3.05) is 13.1 Å². The second kappa shape index (κ2) is 5.38. The van der Waals surface area contributed by atoms with E-state index in [1.165, 1.54) is 0 Å². The molecule has 0 unspecified atom stereocenters. The molecule has 0 saturated carbocycles. The molecule has 0 bridgehead atoms. The molecule has 1 amide bonds. The van der Waals surface area contributed by atoms with Gasteiger partial charge in [-0.25, -0.2) is 0 Å². The zero-order valence-electron chi connectivity index (χ0n) is 12.6. The zero-order valence-corrected chi connectivity index (χ0v) is 13.3. The van der Waals surface area contributed by atoms with Crippen molar-refractivity contribution in [3.05, 3.63) is 35.4 Å². The van der Waals surface area contributed by atoms with E-state index in [4.69, 9.17) is 16.3 Å². The van der Waals surface area contributed by atoms with Crippen LogP contribution in [-0.4, -0.2) is 35.1 Å². The van der Waals surface area contributed by atoms with Crippen molar-refractivity contribution in [1.29, 1.82) is 0 Å². The summed E-state index contributed by atoms with van der Waals surface area (Å²) >= 11 is 5.84. The number of nitrogens with zero attached hydrogens (tertiary/aromatic N) is 1. The van der Waals surface area contributed by atoms with Gasteiger partial charge in [-0.15, -0.1) is 11.6 Å². The van der Waals surface area contributed by atoms with Gasteiger partial charge < -0.3 is 9.64 Å². The first-order valence-electron chi connectivity index (χ1n) is 6.87. The fraction of sp³-hybridized carbons (Fsp3) is 0.562. The van der Waals surface area contributed by atoms with Crippen molar-refractivity contribution in [1.82, 2.24) is 4.90 Å². The van der Waals surface area contributed by atoms with Crippen LogP contribution in [0.5, 0.6) is 0 Å². The predicted molar refractivity (Wildman–Crippen MR) is 81.1 cm³/mol. The molecule has 1 saturated heterocycles. The minimum absolute atomic E-state index is 0.0430.